The summed E-state index contributed by atoms with van der Waals surface area (Å²) in [5.74, 6) is 0.597. The van der Waals surface area contributed by atoms with Gasteiger partial charge in [0.05, 0.1) is 11.6 Å². The lowest BCUT2D eigenvalue weighted by Crippen LogP contribution is -2.01. The number of nitrogens with zero attached hydrogens (tertiary/aromatic N) is 4. The average Bonchev–Trinajstić information content (AvgIpc) is 2.87. The quantitative estimate of drug-likeness (QED) is 0.788. The standard InChI is InChI=1S/C15H13N5/c1-11-6-7-20-14(8-11)18-15(19-20)17-10-13-4-2-12(9-16)3-5-13/h2-8H,10H2,1H3,(H,17,19). The van der Waals surface area contributed by atoms with Crippen LogP contribution in [0, 0.1) is 18.3 Å². The van der Waals surface area contributed by atoms with Crippen molar-refractivity contribution >= 4 is 11.6 Å². The van der Waals surface area contributed by atoms with Gasteiger partial charge in [0, 0.05) is 12.7 Å². The summed E-state index contributed by atoms with van der Waals surface area (Å²) < 4.78 is 1.74. The molecule has 0 unspecified atom stereocenters. The van der Waals surface area contributed by atoms with E-state index < -0.39 is 0 Å². The number of anilines is 1. The number of aromatic nitrogens is 3. The van der Waals surface area contributed by atoms with Gasteiger partial charge in [0.25, 0.3) is 0 Å². The first kappa shape index (κ1) is 12.2. The van der Waals surface area contributed by atoms with E-state index in [-0.39, 0.29) is 0 Å². The second kappa shape index (κ2) is 5.02. The van der Waals surface area contributed by atoms with Gasteiger partial charge in [-0.1, -0.05) is 12.1 Å². The zero-order valence-corrected chi connectivity index (χ0v) is 11.0. The fourth-order valence-electron chi connectivity index (χ4n) is 1.94. The number of pyridine rings is 1. The highest BCUT2D eigenvalue weighted by atomic mass is 15.3. The van der Waals surface area contributed by atoms with Crippen molar-refractivity contribution in [3.63, 3.8) is 0 Å². The zero-order chi connectivity index (χ0) is 13.9. The fourth-order valence-corrected chi connectivity index (χ4v) is 1.94. The van der Waals surface area contributed by atoms with Crippen molar-refractivity contribution in [1.82, 2.24) is 14.6 Å². The summed E-state index contributed by atoms with van der Waals surface area (Å²) in [6, 6.07) is 13.5. The Kier molecular flexibility index (Phi) is 3.05. The Balaban J connectivity index is 1.74. The van der Waals surface area contributed by atoms with Gasteiger partial charge in [0.2, 0.25) is 5.95 Å². The van der Waals surface area contributed by atoms with Crippen molar-refractivity contribution < 1.29 is 0 Å². The van der Waals surface area contributed by atoms with Crippen LogP contribution in [0.25, 0.3) is 5.65 Å². The van der Waals surface area contributed by atoms with Crippen LogP contribution in [-0.4, -0.2) is 14.6 Å². The van der Waals surface area contributed by atoms with Gasteiger partial charge in [0.1, 0.15) is 0 Å². The Bertz CT molecular complexity index is 780. The minimum Gasteiger partial charge on any atom is -0.349 e. The Hall–Kier alpha value is -2.87. The molecule has 0 saturated heterocycles. The third kappa shape index (κ3) is 2.45. The van der Waals surface area contributed by atoms with Gasteiger partial charge in [-0.2, -0.15) is 10.2 Å². The SMILES string of the molecule is Cc1ccn2nc(NCc3ccc(C#N)cc3)nc2c1. The lowest BCUT2D eigenvalue weighted by atomic mass is 10.1. The van der Waals surface area contributed by atoms with E-state index in [0.717, 1.165) is 16.8 Å². The van der Waals surface area contributed by atoms with Gasteiger partial charge >= 0.3 is 0 Å². The van der Waals surface area contributed by atoms with Gasteiger partial charge in [-0.25, -0.2) is 4.52 Å². The maximum atomic E-state index is 8.75. The molecule has 98 valence electrons. The molecule has 3 aromatic rings. The summed E-state index contributed by atoms with van der Waals surface area (Å²) in [7, 11) is 0. The van der Waals surface area contributed by atoms with Gasteiger partial charge in [-0.3, -0.25) is 0 Å². The van der Waals surface area contributed by atoms with Crippen molar-refractivity contribution in [2.45, 2.75) is 13.5 Å². The molecule has 2 heterocycles. The van der Waals surface area contributed by atoms with Crippen molar-refractivity contribution in [2.24, 2.45) is 0 Å². The monoisotopic (exact) mass is 263 g/mol. The Morgan fingerprint density at radius 1 is 1.25 bits per heavy atom. The summed E-state index contributed by atoms with van der Waals surface area (Å²) in [6.45, 7) is 2.65. The smallest absolute Gasteiger partial charge is 0.243 e. The summed E-state index contributed by atoms with van der Waals surface area (Å²) in [6.07, 6.45) is 1.89. The minimum atomic E-state index is 0.597. The highest BCUT2D eigenvalue weighted by molar-refractivity contribution is 5.45. The van der Waals surface area contributed by atoms with E-state index >= 15 is 0 Å². The van der Waals surface area contributed by atoms with Crippen LogP contribution in [0.5, 0.6) is 0 Å². The topological polar surface area (TPSA) is 66.0 Å². The summed E-state index contributed by atoms with van der Waals surface area (Å²) in [5.41, 5.74) is 3.73. The molecule has 5 nitrogen and oxygen atoms in total. The number of fused-ring (bicyclic) bond motifs is 1. The van der Waals surface area contributed by atoms with Crippen LogP contribution in [0.2, 0.25) is 0 Å². The molecule has 0 aliphatic carbocycles. The van der Waals surface area contributed by atoms with E-state index in [9.17, 15) is 0 Å². The number of nitriles is 1. The molecule has 0 saturated carbocycles. The highest BCUT2D eigenvalue weighted by Crippen LogP contribution is 2.09. The van der Waals surface area contributed by atoms with Gasteiger partial charge < -0.3 is 5.32 Å². The third-order valence-electron chi connectivity index (χ3n) is 3.03. The zero-order valence-electron chi connectivity index (χ0n) is 11.0. The second-order valence-corrected chi connectivity index (χ2v) is 4.60. The van der Waals surface area contributed by atoms with Crippen LogP contribution in [0.3, 0.4) is 0 Å². The maximum absolute atomic E-state index is 8.75. The first-order valence-electron chi connectivity index (χ1n) is 6.30. The van der Waals surface area contributed by atoms with E-state index in [1.54, 1.807) is 16.6 Å². The number of nitrogens with one attached hydrogen (secondary N) is 1. The lowest BCUT2D eigenvalue weighted by Gasteiger charge is -2.01. The lowest BCUT2D eigenvalue weighted by molar-refractivity contribution is 0.947. The predicted molar refractivity (Wildman–Crippen MR) is 76.2 cm³/mol. The van der Waals surface area contributed by atoms with Gasteiger partial charge in [-0.05, 0) is 42.3 Å². The second-order valence-electron chi connectivity index (χ2n) is 4.60. The number of hydrogen-bond acceptors (Lipinski definition) is 4. The van der Waals surface area contributed by atoms with Crippen molar-refractivity contribution in [3.05, 3.63) is 59.3 Å². The van der Waals surface area contributed by atoms with Gasteiger partial charge in [-0.15, -0.1) is 5.10 Å². The molecule has 20 heavy (non-hydrogen) atoms. The van der Waals surface area contributed by atoms with Crippen molar-refractivity contribution in [1.29, 1.82) is 5.26 Å². The molecule has 0 fully saturated rings. The van der Waals surface area contributed by atoms with Crippen LogP contribution in [0.1, 0.15) is 16.7 Å². The number of hydrogen-bond donors (Lipinski definition) is 1. The van der Waals surface area contributed by atoms with Crippen LogP contribution < -0.4 is 5.32 Å². The molecule has 1 aromatic carbocycles. The molecule has 3 rings (SSSR count). The Morgan fingerprint density at radius 3 is 2.80 bits per heavy atom. The highest BCUT2D eigenvalue weighted by Gasteiger charge is 2.03. The van der Waals surface area contributed by atoms with E-state index in [1.807, 2.05) is 37.4 Å². The number of rotatable bonds is 3. The minimum absolute atomic E-state index is 0.597. The third-order valence-corrected chi connectivity index (χ3v) is 3.03. The molecular formula is C15H13N5. The predicted octanol–water partition coefficient (Wildman–Crippen LogP) is 2.52. The van der Waals surface area contributed by atoms with Crippen LogP contribution in [0.15, 0.2) is 42.6 Å². The molecule has 0 aliphatic rings. The Labute approximate surface area is 116 Å². The largest absolute Gasteiger partial charge is 0.349 e. The number of aryl methyl sites for hydroxylation is 1. The molecule has 5 heteroatoms. The average molecular weight is 263 g/mol. The molecule has 0 amide bonds. The van der Waals surface area contributed by atoms with E-state index in [0.29, 0.717) is 18.1 Å². The normalized spacial score (nSPS) is 10.4. The first-order valence-corrected chi connectivity index (χ1v) is 6.30. The first-order chi connectivity index (χ1) is 9.74. The molecule has 2 aromatic heterocycles. The van der Waals surface area contributed by atoms with Crippen LogP contribution >= 0.6 is 0 Å². The summed E-state index contributed by atoms with van der Waals surface area (Å²) in [5, 5.41) is 16.3. The molecule has 0 radical (unpaired) electrons. The van der Waals surface area contributed by atoms with Crippen molar-refractivity contribution in [2.75, 3.05) is 5.32 Å². The van der Waals surface area contributed by atoms with Crippen LogP contribution in [0.4, 0.5) is 5.95 Å². The molecular weight excluding hydrogens is 250 g/mol. The van der Waals surface area contributed by atoms with E-state index in [4.69, 9.17) is 5.26 Å². The molecule has 0 aliphatic heterocycles. The van der Waals surface area contributed by atoms with Crippen molar-refractivity contribution in [3.8, 4) is 6.07 Å². The molecule has 1 N–H and O–H groups in total. The fraction of sp³-hybridized carbons (Fsp3) is 0.133. The maximum Gasteiger partial charge on any atom is 0.243 e. The van der Waals surface area contributed by atoms with Crippen LogP contribution in [-0.2, 0) is 6.54 Å². The van der Waals surface area contributed by atoms with E-state index in [2.05, 4.69) is 21.5 Å². The van der Waals surface area contributed by atoms with E-state index in [1.165, 1.54) is 0 Å². The molecule has 0 atom stereocenters. The number of benzene rings is 1. The molecule has 0 bridgehead atoms. The Morgan fingerprint density at radius 2 is 2.05 bits per heavy atom. The molecule has 0 spiro atoms. The summed E-state index contributed by atoms with van der Waals surface area (Å²) in [4.78, 5) is 4.41. The van der Waals surface area contributed by atoms with Gasteiger partial charge in [0.15, 0.2) is 5.65 Å². The summed E-state index contributed by atoms with van der Waals surface area (Å²) >= 11 is 0.